The van der Waals surface area contributed by atoms with E-state index in [4.69, 9.17) is 9.47 Å². The quantitative estimate of drug-likeness (QED) is 0.650. The van der Waals surface area contributed by atoms with E-state index in [1.165, 1.54) is 12.0 Å². The second-order valence-electron chi connectivity index (χ2n) is 8.93. The molecule has 3 atom stereocenters. The molecule has 34 heavy (non-hydrogen) atoms. The molecule has 8 heteroatoms. The van der Waals surface area contributed by atoms with Crippen molar-refractivity contribution in [3.63, 3.8) is 0 Å². The first-order chi connectivity index (χ1) is 16.4. The summed E-state index contributed by atoms with van der Waals surface area (Å²) in [7, 11) is 1.39. The number of carboxylic acid groups (broad SMARTS) is 1. The van der Waals surface area contributed by atoms with Crippen LogP contribution in [-0.4, -0.2) is 67.4 Å². The lowest BCUT2D eigenvalue weighted by Gasteiger charge is -2.36. The zero-order chi connectivity index (χ0) is 24.2. The smallest absolute Gasteiger partial charge is 0.407 e. The summed E-state index contributed by atoms with van der Waals surface area (Å²) < 4.78 is 10.8. The van der Waals surface area contributed by atoms with Crippen LogP contribution < -0.4 is 5.32 Å². The molecule has 8 nitrogen and oxygen atoms in total. The number of likely N-dealkylation sites (tertiary alicyclic amines) is 1. The van der Waals surface area contributed by atoms with Gasteiger partial charge in [-0.15, -0.1) is 0 Å². The third-order valence-electron chi connectivity index (χ3n) is 6.92. The Morgan fingerprint density at radius 3 is 2.29 bits per heavy atom. The number of nitrogens with one attached hydrogen (secondary N) is 1. The number of carbonyl (C=O) groups excluding carboxylic acids is 2. The van der Waals surface area contributed by atoms with Gasteiger partial charge < -0.3 is 24.8 Å². The Hall–Kier alpha value is -3.39. The lowest BCUT2D eigenvalue weighted by atomic mass is 9.87. The van der Waals surface area contributed by atoms with Crippen LogP contribution in [0.1, 0.15) is 30.4 Å². The van der Waals surface area contributed by atoms with Gasteiger partial charge in [0.05, 0.1) is 12.5 Å². The molecule has 0 aromatic heterocycles. The fourth-order valence-electron chi connectivity index (χ4n) is 4.89. The van der Waals surface area contributed by atoms with Crippen molar-refractivity contribution in [2.45, 2.75) is 25.4 Å². The minimum Gasteiger partial charge on any atom is -0.481 e. The Bertz CT molecular complexity index is 1030. The maximum Gasteiger partial charge on any atom is 0.407 e. The molecule has 1 fully saturated rings. The lowest BCUT2D eigenvalue weighted by molar-refractivity contribution is -0.151. The van der Waals surface area contributed by atoms with Crippen LogP contribution in [0.15, 0.2) is 48.5 Å². The van der Waals surface area contributed by atoms with Gasteiger partial charge in [-0.3, -0.25) is 9.59 Å². The molecular weight excluding hydrogens is 436 g/mol. The van der Waals surface area contributed by atoms with Crippen molar-refractivity contribution in [3.8, 4) is 11.1 Å². The van der Waals surface area contributed by atoms with Crippen LogP contribution in [0.25, 0.3) is 11.1 Å². The van der Waals surface area contributed by atoms with Gasteiger partial charge in [-0.25, -0.2) is 4.79 Å². The van der Waals surface area contributed by atoms with Crippen molar-refractivity contribution in [2.24, 2.45) is 11.8 Å². The monoisotopic (exact) mass is 466 g/mol. The second-order valence-corrected chi connectivity index (χ2v) is 8.93. The number of ether oxygens (including phenoxy) is 2. The fourth-order valence-corrected chi connectivity index (χ4v) is 4.89. The van der Waals surface area contributed by atoms with E-state index in [1.807, 2.05) is 43.3 Å². The minimum atomic E-state index is -0.914. The minimum absolute atomic E-state index is 0.00139. The van der Waals surface area contributed by atoms with Crippen molar-refractivity contribution >= 4 is 18.0 Å². The van der Waals surface area contributed by atoms with Gasteiger partial charge in [0, 0.05) is 26.1 Å². The van der Waals surface area contributed by atoms with Crippen LogP contribution in [0.2, 0.25) is 0 Å². The van der Waals surface area contributed by atoms with Crippen LogP contribution >= 0.6 is 0 Å². The van der Waals surface area contributed by atoms with Crippen LogP contribution in [-0.2, 0) is 19.1 Å². The van der Waals surface area contributed by atoms with E-state index in [2.05, 4.69) is 17.4 Å². The third-order valence-corrected chi connectivity index (χ3v) is 6.92. The van der Waals surface area contributed by atoms with E-state index in [0.717, 1.165) is 22.3 Å². The Kier molecular flexibility index (Phi) is 7.17. The van der Waals surface area contributed by atoms with E-state index < -0.39 is 24.1 Å². The summed E-state index contributed by atoms with van der Waals surface area (Å²) in [5.41, 5.74) is 4.53. The standard InChI is InChI=1S/C26H30N2O6/c1-16-11-12-28(14-21(16)25(30)31)24(29)23(33-2)13-27-26(32)34-15-22-19-9-5-3-7-17(19)18-8-4-6-10-20(18)22/h3-10,16,21-23H,11-15H2,1-2H3,(H,27,32)(H,30,31). The maximum absolute atomic E-state index is 12.9. The zero-order valence-electron chi connectivity index (χ0n) is 19.4. The van der Waals surface area contributed by atoms with Gasteiger partial charge in [0.15, 0.2) is 6.10 Å². The topological polar surface area (TPSA) is 105 Å². The molecule has 0 radical (unpaired) electrons. The molecule has 0 bridgehead atoms. The molecule has 2 N–H and O–H groups in total. The van der Waals surface area contributed by atoms with Gasteiger partial charge >= 0.3 is 12.1 Å². The van der Waals surface area contributed by atoms with Gasteiger partial charge in [-0.2, -0.15) is 0 Å². The average molecular weight is 467 g/mol. The van der Waals surface area contributed by atoms with E-state index in [9.17, 15) is 19.5 Å². The van der Waals surface area contributed by atoms with Gasteiger partial charge in [0.1, 0.15) is 6.61 Å². The summed E-state index contributed by atoms with van der Waals surface area (Å²) in [6.45, 7) is 2.60. The Labute approximate surface area is 198 Å². The van der Waals surface area contributed by atoms with Crippen LogP contribution in [0.4, 0.5) is 4.79 Å². The van der Waals surface area contributed by atoms with Gasteiger partial charge in [0.2, 0.25) is 0 Å². The number of nitrogens with zero attached hydrogens (tertiary/aromatic N) is 1. The second kappa shape index (κ2) is 10.3. The highest BCUT2D eigenvalue weighted by atomic mass is 16.5. The molecule has 3 unspecified atom stereocenters. The number of methoxy groups -OCH3 is 1. The largest absolute Gasteiger partial charge is 0.481 e. The molecule has 2 aromatic rings. The normalized spacial score (nSPS) is 20.2. The number of alkyl carbamates (subject to hydrolysis) is 1. The summed E-state index contributed by atoms with van der Waals surface area (Å²) in [5, 5.41) is 12.0. The molecule has 0 saturated carbocycles. The highest BCUT2D eigenvalue weighted by Crippen LogP contribution is 2.44. The van der Waals surface area contributed by atoms with Crippen LogP contribution in [0.3, 0.4) is 0 Å². The number of fused-ring (bicyclic) bond motifs is 3. The number of benzene rings is 2. The maximum atomic E-state index is 12.9. The van der Waals surface area contributed by atoms with Crippen LogP contribution in [0, 0.1) is 11.8 Å². The van der Waals surface area contributed by atoms with Crippen molar-refractivity contribution in [2.75, 3.05) is 33.4 Å². The lowest BCUT2D eigenvalue weighted by Crippen LogP contribution is -2.52. The van der Waals surface area contributed by atoms with E-state index in [0.29, 0.717) is 13.0 Å². The molecule has 2 aliphatic rings. The predicted octanol–water partition coefficient (Wildman–Crippen LogP) is 3.11. The Morgan fingerprint density at radius 2 is 1.71 bits per heavy atom. The molecule has 1 aliphatic carbocycles. The number of piperidine rings is 1. The first kappa shape index (κ1) is 23.8. The van der Waals surface area contributed by atoms with E-state index in [-0.39, 0.29) is 37.4 Å². The van der Waals surface area contributed by atoms with Gasteiger partial charge in [0.25, 0.3) is 5.91 Å². The predicted molar refractivity (Wildman–Crippen MR) is 125 cm³/mol. The van der Waals surface area contributed by atoms with Crippen molar-refractivity contribution in [3.05, 3.63) is 59.7 Å². The Balaban J connectivity index is 1.32. The molecule has 2 amide bonds. The van der Waals surface area contributed by atoms with Gasteiger partial charge in [-0.05, 0) is 34.6 Å². The number of aliphatic carboxylic acids is 1. The summed E-state index contributed by atoms with van der Waals surface area (Å²) >= 11 is 0. The summed E-state index contributed by atoms with van der Waals surface area (Å²) in [6, 6.07) is 16.2. The van der Waals surface area contributed by atoms with Gasteiger partial charge in [-0.1, -0.05) is 55.5 Å². The van der Waals surface area contributed by atoms with Crippen molar-refractivity contribution < 1.29 is 29.0 Å². The number of carbonyl (C=O) groups is 3. The Morgan fingerprint density at radius 1 is 1.09 bits per heavy atom. The first-order valence-corrected chi connectivity index (χ1v) is 11.5. The van der Waals surface area contributed by atoms with Crippen molar-refractivity contribution in [1.82, 2.24) is 10.2 Å². The molecule has 1 aliphatic heterocycles. The zero-order valence-corrected chi connectivity index (χ0v) is 19.4. The molecule has 4 rings (SSSR count). The molecule has 1 heterocycles. The number of rotatable bonds is 7. The third kappa shape index (κ3) is 4.77. The SMILES string of the molecule is COC(CNC(=O)OCC1c2ccccc2-c2ccccc21)C(=O)N1CCC(C)C(C(=O)O)C1. The average Bonchev–Trinajstić information content (AvgIpc) is 3.16. The number of hydrogen-bond donors (Lipinski definition) is 2. The summed E-state index contributed by atoms with van der Waals surface area (Å²) in [5.74, 6) is -1.90. The van der Waals surface area contributed by atoms with Crippen LogP contribution in [0.5, 0.6) is 0 Å². The molecule has 180 valence electrons. The highest BCUT2D eigenvalue weighted by molar-refractivity contribution is 5.83. The first-order valence-electron chi connectivity index (χ1n) is 11.5. The fraction of sp³-hybridized carbons (Fsp3) is 0.423. The number of amides is 2. The van der Waals surface area contributed by atoms with E-state index >= 15 is 0 Å². The number of carboxylic acids is 1. The van der Waals surface area contributed by atoms with E-state index in [1.54, 1.807) is 0 Å². The number of hydrogen-bond acceptors (Lipinski definition) is 5. The molecule has 2 aromatic carbocycles. The summed E-state index contributed by atoms with van der Waals surface area (Å²) in [4.78, 5) is 38.3. The van der Waals surface area contributed by atoms with Crippen molar-refractivity contribution in [1.29, 1.82) is 0 Å². The highest BCUT2D eigenvalue weighted by Gasteiger charge is 2.36. The molecule has 0 spiro atoms. The molecular formula is C26H30N2O6. The summed E-state index contributed by atoms with van der Waals surface area (Å²) in [6.07, 6.45) is -0.936. The molecule has 1 saturated heterocycles.